The van der Waals surface area contributed by atoms with Gasteiger partial charge in [0.1, 0.15) is 5.82 Å². The number of hydrogen-bond donors (Lipinski definition) is 1. The zero-order valence-corrected chi connectivity index (χ0v) is 13.4. The number of rotatable bonds is 4. The maximum Gasteiger partial charge on any atom is 0.234 e. The van der Waals surface area contributed by atoms with Crippen molar-refractivity contribution in [2.75, 3.05) is 11.1 Å². The van der Waals surface area contributed by atoms with Crippen LogP contribution in [0, 0.1) is 12.7 Å². The second-order valence-electron chi connectivity index (χ2n) is 5.12. The van der Waals surface area contributed by atoms with E-state index >= 15 is 0 Å². The Labute approximate surface area is 137 Å². The lowest BCUT2D eigenvalue weighted by Crippen LogP contribution is -2.14. The van der Waals surface area contributed by atoms with E-state index in [0.29, 0.717) is 0 Å². The summed E-state index contributed by atoms with van der Waals surface area (Å²) in [7, 11) is 0. The number of halogens is 1. The van der Waals surface area contributed by atoms with Crippen molar-refractivity contribution in [1.29, 1.82) is 0 Å². The van der Waals surface area contributed by atoms with E-state index in [4.69, 9.17) is 0 Å². The summed E-state index contributed by atoms with van der Waals surface area (Å²) in [6.45, 7) is 1.93. The molecule has 116 valence electrons. The Morgan fingerprint density at radius 2 is 1.91 bits per heavy atom. The number of aromatic nitrogens is 1. The van der Waals surface area contributed by atoms with Crippen molar-refractivity contribution in [1.82, 2.24) is 4.98 Å². The predicted octanol–water partition coefficient (Wildman–Crippen LogP) is 4.41. The Morgan fingerprint density at radius 3 is 2.70 bits per heavy atom. The van der Waals surface area contributed by atoms with E-state index in [1.165, 1.54) is 23.9 Å². The van der Waals surface area contributed by atoms with Gasteiger partial charge in [-0.1, -0.05) is 6.07 Å². The van der Waals surface area contributed by atoms with Gasteiger partial charge in [-0.15, -0.1) is 11.8 Å². The van der Waals surface area contributed by atoms with Gasteiger partial charge < -0.3 is 5.32 Å². The van der Waals surface area contributed by atoms with E-state index < -0.39 is 0 Å². The van der Waals surface area contributed by atoms with Crippen LogP contribution in [0.4, 0.5) is 10.1 Å². The molecule has 0 saturated carbocycles. The number of carbonyl (C=O) groups is 1. The molecule has 23 heavy (non-hydrogen) atoms. The molecule has 0 unspecified atom stereocenters. The third-order valence-electron chi connectivity index (χ3n) is 3.33. The minimum Gasteiger partial charge on any atom is -0.325 e. The Kier molecular flexibility index (Phi) is 4.57. The number of aryl methyl sites for hydroxylation is 1. The number of benzene rings is 2. The van der Waals surface area contributed by atoms with Crippen LogP contribution in [0.5, 0.6) is 0 Å². The van der Waals surface area contributed by atoms with Gasteiger partial charge in [0.25, 0.3) is 0 Å². The van der Waals surface area contributed by atoms with Crippen molar-refractivity contribution >= 4 is 34.3 Å². The molecule has 0 atom stereocenters. The van der Waals surface area contributed by atoms with Gasteiger partial charge in [0.15, 0.2) is 0 Å². The fourth-order valence-corrected chi connectivity index (χ4v) is 2.93. The molecule has 0 aliphatic heterocycles. The number of nitrogens with one attached hydrogen (secondary N) is 1. The molecule has 1 heterocycles. The van der Waals surface area contributed by atoms with Crippen LogP contribution < -0.4 is 5.32 Å². The number of hydrogen-bond acceptors (Lipinski definition) is 3. The Morgan fingerprint density at radius 1 is 1.13 bits per heavy atom. The van der Waals surface area contributed by atoms with Crippen molar-refractivity contribution in [2.24, 2.45) is 0 Å². The van der Waals surface area contributed by atoms with Crippen LogP contribution in [0.1, 0.15) is 5.69 Å². The molecule has 0 aliphatic carbocycles. The summed E-state index contributed by atoms with van der Waals surface area (Å²) in [6.07, 6.45) is 0. The third-order valence-corrected chi connectivity index (χ3v) is 4.34. The number of amides is 1. The van der Waals surface area contributed by atoms with Gasteiger partial charge in [-0.25, -0.2) is 4.39 Å². The molecule has 1 aromatic heterocycles. The highest BCUT2D eigenvalue weighted by molar-refractivity contribution is 8.00. The molecule has 1 N–H and O–H groups in total. The molecule has 3 nitrogen and oxygen atoms in total. The normalized spacial score (nSPS) is 10.7. The highest BCUT2D eigenvalue weighted by atomic mass is 32.2. The topological polar surface area (TPSA) is 42.0 Å². The van der Waals surface area contributed by atoms with Crippen LogP contribution in [0.15, 0.2) is 59.5 Å². The first-order chi connectivity index (χ1) is 11.1. The maximum atomic E-state index is 12.9. The minimum absolute atomic E-state index is 0.104. The molecule has 1 amide bonds. The summed E-state index contributed by atoms with van der Waals surface area (Å²) >= 11 is 1.37. The number of anilines is 1. The van der Waals surface area contributed by atoms with Crippen LogP contribution >= 0.6 is 11.8 Å². The standard InChI is InChI=1S/C18H15FN2OS/c1-12-5-10-15-16(20-12)3-2-4-17(15)21-18(22)11-23-14-8-6-13(19)7-9-14/h2-10H,11H2,1H3,(H,21,22). The minimum atomic E-state index is -0.280. The second kappa shape index (κ2) is 6.79. The van der Waals surface area contributed by atoms with Crippen molar-refractivity contribution in [3.63, 3.8) is 0 Å². The molecule has 3 rings (SSSR count). The van der Waals surface area contributed by atoms with E-state index in [0.717, 1.165) is 27.2 Å². The SMILES string of the molecule is Cc1ccc2c(NC(=O)CSc3ccc(F)cc3)cccc2n1. The summed E-state index contributed by atoms with van der Waals surface area (Å²) < 4.78 is 12.9. The van der Waals surface area contributed by atoms with E-state index in [1.54, 1.807) is 12.1 Å². The Balaban J connectivity index is 1.69. The molecular formula is C18H15FN2OS. The average Bonchev–Trinajstić information content (AvgIpc) is 2.54. The van der Waals surface area contributed by atoms with Crippen LogP contribution in [-0.4, -0.2) is 16.6 Å². The van der Waals surface area contributed by atoms with E-state index in [-0.39, 0.29) is 17.5 Å². The first kappa shape index (κ1) is 15.5. The highest BCUT2D eigenvalue weighted by Gasteiger charge is 2.07. The van der Waals surface area contributed by atoms with E-state index in [2.05, 4.69) is 10.3 Å². The summed E-state index contributed by atoms with van der Waals surface area (Å²) in [5.41, 5.74) is 2.54. The number of nitrogens with zero attached hydrogens (tertiary/aromatic N) is 1. The number of fused-ring (bicyclic) bond motifs is 1. The molecule has 0 aliphatic rings. The van der Waals surface area contributed by atoms with E-state index in [1.807, 2.05) is 37.3 Å². The van der Waals surface area contributed by atoms with Crippen LogP contribution in [0.3, 0.4) is 0 Å². The van der Waals surface area contributed by atoms with Crippen molar-refractivity contribution in [3.8, 4) is 0 Å². The van der Waals surface area contributed by atoms with Crippen LogP contribution in [0.2, 0.25) is 0 Å². The van der Waals surface area contributed by atoms with Gasteiger partial charge in [0, 0.05) is 16.0 Å². The van der Waals surface area contributed by atoms with Crippen LogP contribution in [-0.2, 0) is 4.79 Å². The third kappa shape index (κ3) is 3.87. The zero-order valence-electron chi connectivity index (χ0n) is 12.5. The summed E-state index contributed by atoms with van der Waals surface area (Å²) in [6, 6.07) is 15.6. The smallest absolute Gasteiger partial charge is 0.234 e. The summed E-state index contributed by atoms with van der Waals surface area (Å²) in [5, 5.41) is 3.83. The lowest BCUT2D eigenvalue weighted by molar-refractivity contribution is -0.113. The number of carbonyl (C=O) groups excluding carboxylic acids is 1. The van der Waals surface area contributed by atoms with E-state index in [9.17, 15) is 9.18 Å². The van der Waals surface area contributed by atoms with Gasteiger partial charge in [-0.3, -0.25) is 9.78 Å². The monoisotopic (exact) mass is 326 g/mol. The molecule has 5 heteroatoms. The van der Waals surface area contributed by atoms with Gasteiger partial charge in [0.2, 0.25) is 5.91 Å². The maximum absolute atomic E-state index is 12.9. The molecule has 0 bridgehead atoms. The Hall–Kier alpha value is -2.40. The average molecular weight is 326 g/mol. The Bertz CT molecular complexity index is 849. The summed E-state index contributed by atoms with van der Waals surface area (Å²) in [4.78, 5) is 17.4. The van der Waals surface area contributed by atoms with Crippen LogP contribution in [0.25, 0.3) is 10.9 Å². The fourth-order valence-electron chi connectivity index (χ4n) is 2.23. The lowest BCUT2D eigenvalue weighted by Gasteiger charge is -2.09. The fraction of sp³-hybridized carbons (Fsp3) is 0.111. The first-order valence-corrected chi connectivity index (χ1v) is 8.15. The number of pyridine rings is 1. The molecule has 2 aromatic carbocycles. The molecule has 0 spiro atoms. The van der Waals surface area contributed by atoms with Crippen molar-refractivity contribution in [2.45, 2.75) is 11.8 Å². The van der Waals surface area contributed by atoms with Gasteiger partial charge >= 0.3 is 0 Å². The molecular weight excluding hydrogens is 311 g/mol. The van der Waals surface area contributed by atoms with Crippen molar-refractivity contribution < 1.29 is 9.18 Å². The quantitative estimate of drug-likeness (QED) is 0.722. The lowest BCUT2D eigenvalue weighted by atomic mass is 10.1. The molecule has 0 radical (unpaired) electrons. The molecule has 0 saturated heterocycles. The zero-order chi connectivity index (χ0) is 16.2. The van der Waals surface area contributed by atoms with Crippen molar-refractivity contribution in [3.05, 3.63) is 66.1 Å². The van der Waals surface area contributed by atoms with Gasteiger partial charge in [0.05, 0.1) is 17.0 Å². The first-order valence-electron chi connectivity index (χ1n) is 7.16. The largest absolute Gasteiger partial charge is 0.325 e. The van der Waals surface area contributed by atoms with Gasteiger partial charge in [-0.05, 0) is 55.5 Å². The number of thioether (sulfide) groups is 1. The molecule has 3 aromatic rings. The molecule has 0 fully saturated rings. The second-order valence-corrected chi connectivity index (χ2v) is 6.16. The highest BCUT2D eigenvalue weighted by Crippen LogP contribution is 2.23. The predicted molar refractivity (Wildman–Crippen MR) is 92.2 cm³/mol. The van der Waals surface area contributed by atoms with Gasteiger partial charge in [-0.2, -0.15) is 0 Å². The summed E-state index contributed by atoms with van der Waals surface area (Å²) in [5.74, 6) is -0.119.